The minimum atomic E-state index is 0.218. The van der Waals surface area contributed by atoms with Crippen molar-refractivity contribution in [2.45, 2.75) is 57.3 Å². The molecule has 1 amide bonds. The number of rotatable bonds is 2. The number of nitrogens with zero attached hydrogens (tertiary/aromatic N) is 1. The van der Waals surface area contributed by atoms with Crippen LogP contribution in [-0.2, 0) is 4.79 Å². The van der Waals surface area contributed by atoms with Gasteiger partial charge in [-0.25, -0.2) is 0 Å². The van der Waals surface area contributed by atoms with Gasteiger partial charge in [0.1, 0.15) is 0 Å². The van der Waals surface area contributed by atoms with E-state index in [1.807, 2.05) is 4.90 Å². The second-order valence-electron chi connectivity index (χ2n) is 7.31. The number of H-pyrrole nitrogens is 1. The Balaban J connectivity index is 1.65. The predicted molar refractivity (Wildman–Crippen MR) is 93.7 cm³/mol. The summed E-state index contributed by atoms with van der Waals surface area (Å²) in [5, 5.41) is 1.38. The maximum Gasteiger partial charge on any atom is 0.219 e. The normalized spacial score (nSPS) is 20.5. The smallest absolute Gasteiger partial charge is 0.219 e. The molecule has 4 rings (SSSR count). The molecule has 0 atom stereocenters. The topological polar surface area (TPSA) is 36.1 Å². The molecule has 1 saturated carbocycles. The number of likely N-dealkylation sites (tertiary alicyclic amines) is 1. The minimum absolute atomic E-state index is 0.218. The van der Waals surface area contributed by atoms with E-state index in [9.17, 15) is 4.79 Å². The number of carbonyl (C=O) groups excluding carboxylic acids is 1. The third-order valence-corrected chi connectivity index (χ3v) is 5.93. The van der Waals surface area contributed by atoms with Crippen LogP contribution in [-0.4, -0.2) is 28.9 Å². The number of amides is 1. The Morgan fingerprint density at radius 1 is 1.09 bits per heavy atom. The second-order valence-corrected chi connectivity index (χ2v) is 7.31. The maximum atomic E-state index is 11.6. The lowest BCUT2D eigenvalue weighted by Gasteiger charge is -2.32. The van der Waals surface area contributed by atoms with Gasteiger partial charge in [-0.3, -0.25) is 4.79 Å². The van der Waals surface area contributed by atoms with Crippen LogP contribution in [0, 0.1) is 0 Å². The summed E-state index contributed by atoms with van der Waals surface area (Å²) in [4.78, 5) is 17.0. The fourth-order valence-corrected chi connectivity index (χ4v) is 4.56. The van der Waals surface area contributed by atoms with E-state index in [1.54, 1.807) is 6.92 Å². The zero-order valence-corrected chi connectivity index (χ0v) is 14.0. The molecule has 1 aromatic carbocycles. The fourth-order valence-electron chi connectivity index (χ4n) is 4.56. The molecule has 1 aromatic heterocycles. The molecule has 0 radical (unpaired) electrons. The minimum Gasteiger partial charge on any atom is -0.361 e. The van der Waals surface area contributed by atoms with Crippen LogP contribution in [0.25, 0.3) is 10.9 Å². The average Bonchev–Trinajstić information content (AvgIpc) is 3.25. The molecule has 2 aromatic rings. The Morgan fingerprint density at radius 2 is 1.83 bits per heavy atom. The van der Waals surface area contributed by atoms with E-state index in [2.05, 4.69) is 29.4 Å². The first-order valence-electron chi connectivity index (χ1n) is 9.09. The van der Waals surface area contributed by atoms with Gasteiger partial charge in [-0.1, -0.05) is 18.9 Å². The summed E-state index contributed by atoms with van der Waals surface area (Å²) in [6.07, 6.45) is 9.68. The lowest BCUT2D eigenvalue weighted by molar-refractivity contribution is -0.129. The predicted octanol–water partition coefficient (Wildman–Crippen LogP) is 4.55. The third-order valence-electron chi connectivity index (χ3n) is 5.93. The molecule has 2 aliphatic rings. The lowest BCUT2D eigenvalue weighted by atomic mass is 9.84. The molecule has 3 nitrogen and oxygen atoms in total. The summed E-state index contributed by atoms with van der Waals surface area (Å²) >= 11 is 0. The molecule has 2 heterocycles. The van der Waals surface area contributed by atoms with Crippen LogP contribution in [0.5, 0.6) is 0 Å². The Hall–Kier alpha value is -1.77. The van der Waals surface area contributed by atoms with Gasteiger partial charge >= 0.3 is 0 Å². The summed E-state index contributed by atoms with van der Waals surface area (Å²) in [6, 6.07) is 7.08. The van der Waals surface area contributed by atoms with Gasteiger partial charge in [-0.2, -0.15) is 0 Å². The third kappa shape index (κ3) is 2.77. The number of aromatic amines is 1. The first kappa shape index (κ1) is 14.8. The summed E-state index contributed by atoms with van der Waals surface area (Å²) in [5.74, 6) is 1.55. The van der Waals surface area contributed by atoms with E-state index >= 15 is 0 Å². The van der Waals surface area contributed by atoms with Crippen molar-refractivity contribution in [1.82, 2.24) is 9.88 Å². The van der Waals surface area contributed by atoms with Gasteiger partial charge in [0.05, 0.1) is 0 Å². The number of nitrogens with one attached hydrogen (secondary N) is 1. The van der Waals surface area contributed by atoms with Crippen molar-refractivity contribution in [3.63, 3.8) is 0 Å². The summed E-state index contributed by atoms with van der Waals surface area (Å²) in [5.41, 5.74) is 4.33. The van der Waals surface area contributed by atoms with E-state index < -0.39 is 0 Å². The number of aromatic nitrogens is 1. The number of carbonyl (C=O) groups is 1. The van der Waals surface area contributed by atoms with Crippen LogP contribution in [0.3, 0.4) is 0 Å². The van der Waals surface area contributed by atoms with Gasteiger partial charge in [0.25, 0.3) is 0 Å². The summed E-state index contributed by atoms with van der Waals surface area (Å²) in [6.45, 7) is 3.49. The van der Waals surface area contributed by atoms with Gasteiger partial charge in [0.15, 0.2) is 0 Å². The first-order valence-corrected chi connectivity index (χ1v) is 9.09. The van der Waals surface area contributed by atoms with Gasteiger partial charge in [0, 0.05) is 37.1 Å². The molecule has 1 N–H and O–H groups in total. The van der Waals surface area contributed by atoms with E-state index in [1.165, 1.54) is 47.7 Å². The van der Waals surface area contributed by atoms with E-state index in [-0.39, 0.29) is 5.91 Å². The highest BCUT2D eigenvalue weighted by molar-refractivity contribution is 5.84. The highest BCUT2D eigenvalue weighted by Crippen LogP contribution is 2.39. The van der Waals surface area contributed by atoms with Crippen LogP contribution in [0.1, 0.15) is 68.4 Å². The largest absolute Gasteiger partial charge is 0.361 e. The molecule has 122 valence electrons. The average molecular weight is 310 g/mol. The molecular formula is C20H26N2O. The highest BCUT2D eigenvalue weighted by Gasteiger charge is 2.25. The van der Waals surface area contributed by atoms with Crippen LogP contribution in [0.4, 0.5) is 0 Å². The monoisotopic (exact) mass is 310 g/mol. The number of hydrogen-bond donors (Lipinski definition) is 1. The van der Waals surface area contributed by atoms with Gasteiger partial charge in [0.2, 0.25) is 5.91 Å². The van der Waals surface area contributed by atoms with E-state index in [0.717, 1.165) is 31.8 Å². The van der Waals surface area contributed by atoms with E-state index in [4.69, 9.17) is 0 Å². The molecule has 1 aliphatic carbocycles. The van der Waals surface area contributed by atoms with Crippen molar-refractivity contribution in [2.75, 3.05) is 13.1 Å². The van der Waals surface area contributed by atoms with Crippen LogP contribution in [0.2, 0.25) is 0 Å². The Bertz CT molecular complexity index is 704. The zero-order valence-electron chi connectivity index (χ0n) is 14.0. The van der Waals surface area contributed by atoms with Crippen LogP contribution < -0.4 is 0 Å². The van der Waals surface area contributed by atoms with Crippen LogP contribution >= 0.6 is 0 Å². The van der Waals surface area contributed by atoms with Crippen molar-refractivity contribution in [3.05, 3.63) is 35.5 Å². The maximum absolute atomic E-state index is 11.6. The highest BCUT2D eigenvalue weighted by atomic mass is 16.2. The van der Waals surface area contributed by atoms with Gasteiger partial charge in [-0.05, 0) is 60.8 Å². The second kappa shape index (κ2) is 6.03. The fraction of sp³-hybridized carbons (Fsp3) is 0.550. The van der Waals surface area contributed by atoms with Gasteiger partial charge in [-0.15, -0.1) is 0 Å². The molecule has 3 heteroatoms. The molecular weight excluding hydrogens is 284 g/mol. The SMILES string of the molecule is CC(=O)N1CCC(c2cc(C3CCCC3)cc3[nH]ccc23)CC1. The van der Waals surface area contributed by atoms with Crippen molar-refractivity contribution in [1.29, 1.82) is 0 Å². The van der Waals surface area contributed by atoms with E-state index in [0.29, 0.717) is 5.92 Å². The van der Waals surface area contributed by atoms with Crippen molar-refractivity contribution < 1.29 is 4.79 Å². The first-order chi connectivity index (χ1) is 11.2. The molecule has 1 aliphatic heterocycles. The van der Waals surface area contributed by atoms with Crippen molar-refractivity contribution in [3.8, 4) is 0 Å². The zero-order chi connectivity index (χ0) is 15.8. The molecule has 2 fully saturated rings. The Kier molecular flexibility index (Phi) is 3.88. The molecule has 1 saturated heterocycles. The Morgan fingerprint density at radius 3 is 2.52 bits per heavy atom. The molecule has 0 spiro atoms. The molecule has 23 heavy (non-hydrogen) atoms. The van der Waals surface area contributed by atoms with Crippen LogP contribution in [0.15, 0.2) is 24.4 Å². The quantitative estimate of drug-likeness (QED) is 0.868. The molecule has 0 unspecified atom stereocenters. The van der Waals surface area contributed by atoms with Gasteiger partial charge < -0.3 is 9.88 Å². The van der Waals surface area contributed by atoms with Crippen molar-refractivity contribution >= 4 is 16.8 Å². The summed E-state index contributed by atoms with van der Waals surface area (Å²) in [7, 11) is 0. The lowest BCUT2D eigenvalue weighted by Crippen LogP contribution is -2.36. The number of fused-ring (bicyclic) bond motifs is 1. The summed E-state index contributed by atoms with van der Waals surface area (Å²) < 4.78 is 0. The molecule has 0 bridgehead atoms. The number of hydrogen-bond acceptors (Lipinski definition) is 1. The number of benzene rings is 1. The van der Waals surface area contributed by atoms with Crippen molar-refractivity contribution in [2.24, 2.45) is 0 Å². The Labute approximate surface area is 138 Å². The number of piperidine rings is 1. The standard InChI is InChI=1S/C20H26N2O/c1-14(23)22-10-7-16(8-11-22)19-12-17(15-4-2-3-5-15)13-20-18(19)6-9-21-20/h6,9,12-13,15-16,21H,2-5,7-8,10-11H2,1H3.